The van der Waals surface area contributed by atoms with E-state index >= 15 is 0 Å². The molecule has 1 amide bonds. The van der Waals surface area contributed by atoms with Crippen LogP contribution >= 0.6 is 11.6 Å². The lowest BCUT2D eigenvalue weighted by Gasteiger charge is -2.13. The summed E-state index contributed by atoms with van der Waals surface area (Å²) in [5.41, 5.74) is 1.08. The van der Waals surface area contributed by atoms with Crippen molar-refractivity contribution in [3.05, 3.63) is 52.9 Å². The standard InChI is InChI=1S/C15H14ClN3O3/c1-9-3-4-11(7-17-9)15(21)22-10(2)14(20)19-13-6-5-12(16)8-18-13/h3-8,10H,1-2H3,(H,18,19,20). The number of aryl methyl sites for hydroxylation is 1. The molecule has 2 aromatic heterocycles. The van der Waals surface area contributed by atoms with Crippen LogP contribution < -0.4 is 5.32 Å². The van der Waals surface area contributed by atoms with Gasteiger partial charge >= 0.3 is 5.97 Å². The summed E-state index contributed by atoms with van der Waals surface area (Å²) in [5.74, 6) is -0.767. The summed E-state index contributed by atoms with van der Waals surface area (Å²) in [6, 6.07) is 6.44. The lowest BCUT2D eigenvalue weighted by atomic mass is 10.2. The molecule has 0 spiro atoms. The number of hydrogen-bond acceptors (Lipinski definition) is 5. The summed E-state index contributed by atoms with van der Waals surface area (Å²) in [6.07, 6.45) is 1.85. The van der Waals surface area contributed by atoms with Gasteiger partial charge < -0.3 is 10.1 Å². The van der Waals surface area contributed by atoms with Gasteiger partial charge in [-0.05, 0) is 38.1 Å². The summed E-state index contributed by atoms with van der Waals surface area (Å²) in [5, 5.41) is 3.00. The lowest BCUT2D eigenvalue weighted by Crippen LogP contribution is -2.30. The van der Waals surface area contributed by atoms with Crippen LogP contribution in [0, 0.1) is 6.92 Å². The molecule has 2 heterocycles. The van der Waals surface area contributed by atoms with Gasteiger partial charge in [0, 0.05) is 18.1 Å². The number of rotatable bonds is 4. The Balaban J connectivity index is 1.94. The minimum Gasteiger partial charge on any atom is -0.449 e. The van der Waals surface area contributed by atoms with E-state index in [0.717, 1.165) is 5.69 Å². The SMILES string of the molecule is Cc1ccc(C(=O)OC(C)C(=O)Nc2ccc(Cl)cn2)cn1. The van der Waals surface area contributed by atoms with Gasteiger partial charge in [-0.3, -0.25) is 9.78 Å². The van der Waals surface area contributed by atoms with Gasteiger partial charge in [-0.2, -0.15) is 0 Å². The predicted molar refractivity (Wildman–Crippen MR) is 81.7 cm³/mol. The topological polar surface area (TPSA) is 81.2 Å². The maximum Gasteiger partial charge on any atom is 0.340 e. The molecule has 6 nitrogen and oxygen atoms in total. The molecular formula is C15H14ClN3O3. The molecule has 0 fully saturated rings. The highest BCUT2D eigenvalue weighted by atomic mass is 35.5. The van der Waals surface area contributed by atoms with Gasteiger partial charge in [0.05, 0.1) is 10.6 Å². The maximum atomic E-state index is 11.9. The monoisotopic (exact) mass is 319 g/mol. The highest BCUT2D eigenvalue weighted by molar-refractivity contribution is 6.30. The van der Waals surface area contributed by atoms with Gasteiger partial charge in [-0.15, -0.1) is 0 Å². The predicted octanol–water partition coefficient (Wildman–Crippen LogP) is 2.62. The van der Waals surface area contributed by atoms with Crippen LogP contribution in [0.4, 0.5) is 5.82 Å². The van der Waals surface area contributed by atoms with E-state index in [1.54, 1.807) is 24.3 Å². The second-order valence-corrected chi connectivity index (χ2v) is 5.02. The van der Waals surface area contributed by atoms with Crippen LogP contribution in [0.15, 0.2) is 36.7 Å². The number of aromatic nitrogens is 2. The molecule has 2 aromatic rings. The fraction of sp³-hybridized carbons (Fsp3) is 0.200. The molecule has 0 saturated heterocycles. The number of carbonyl (C=O) groups is 2. The van der Waals surface area contributed by atoms with Gasteiger partial charge in [-0.25, -0.2) is 9.78 Å². The van der Waals surface area contributed by atoms with Crippen molar-refractivity contribution >= 4 is 29.3 Å². The third-order valence-corrected chi connectivity index (χ3v) is 3.00. The lowest BCUT2D eigenvalue weighted by molar-refractivity contribution is -0.123. The molecule has 2 rings (SSSR count). The molecule has 1 N–H and O–H groups in total. The molecule has 0 saturated carbocycles. The van der Waals surface area contributed by atoms with Crippen LogP contribution in [0.2, 0.25) is 5.02 Å². The van der Waals surface area contributed by atoms with Crippen molar-refractivity contribution in [2.45, 2.75) is 20.0 Å². The first-order valence-corrected chi connectivity index (χ1v) is 6.89. The number of carbonyl (C=O) groups excluding carboxylic acids is 2. The molecule has 0 aliphatic heterocycles. The van der Waals surface area contributed by atoms with E-state index in [1.807, 2.05) is 6.92 Å². The minimum atomic E-state index is -0.966. The van der Waals surface area contributed by atoms with Crippen molar-refractivity contribution in [2.24, 2.45) is 0 Å². The van der Waals surface area contributed by atoms with E-state index in [-0.39, 0.29) is 5.56 Å². The van der Waals surface area contributed by atoms with Crippen LogP contribution in [0.25, 0.3) is 0 Å². The van der Waals surface area contributed by atoms with Gasteiger partial charge in [-0.1, -0.05) is 11.6 Å². The van der Waals surface area contributed by atoms with Crippen molar-refractivity contribution in [1.82, 2.24) is 9.97 Å². The summed E-state index contributed by atoms with van der Waals surface area (Å²) < 4.78 is 5.09. The second kappa shape index (κ2) is 7.00. The van der Waals surface area contributed by atoms with Crippen LogP contribution in [-0.2, 0) is 9.53 Å². The Labute approximate surface area is 132 Å². The summed E-state index contributed by atoms with van der Waals surface area (Å²) in [4.78, 5) is 31.8. The van der Waals surface area contributed by atoms with E-state index in [4.69, 9.17) is 16.3 Å². The summed E-state index contributed by atoms with van der Waals surface area (Å²) in [6.45, 7) is 3.29. The molecule has 0 aliphatic rings. The molecule has 114 valence electrons. The molecular weight excluding hydrogens is 306 g/mol. The quantitative estimate of drug-likeness (QED) is 0.876. The Morgan fingerprint density at radius 3 is 2.55 bits per heavy atom. The second-order valence-electron chi connectivity index (χ2n) is 4.59. The van der Waals surface area contributed by atoms with E-state index in [0.29, 0.717) is 10.8 Å². The Morgan fingerprint density at radius 2 is 1.95 bits per heavy atom. The highest BCUT2D eigenvalue weighted by Gasteiger charge is 2.19. The van der Waals surface area contributed by atoms with Gasteiger partial charge in [0.2, 0.25) is 0 Å². The maximum absolute atomic E-state index is 11.9. The zero-order chi connectivity index (χ0) is 16.1. The summed E-state index contributed by atoms with van der Waals surface area (Å²) in [7, 11) is 0. The smallest absolute Gasteiger partial charge is 0.340 e. The minimum absolute atomic E-state index is 0.287. The first-order valence-electron chi connectivity index (χ1n) is 6.52. The number of amides is 1. The largest absolute Gasteiger partial charge is 0.449 e. The average molecular weight is 320 g/mol. The number of ether oxygens (including phenoxy) is 1. The van der Waals surface area contributed by atoms with Gasteiger partial charge in [0.25, 0.3) is 5.91 Å². The van der Waals surface area contributed by atoms with Crippen LogP contribution in [0.3, 0.4) is 0 Å². The van der Waals surface area contributed by atoms with E-state index in [2.05, 4.69) is 15.3 Å². The van der Waals surface area contributed by atoms with Crippen molar-refractivity contribution < 1.29 is 14.3 Å². The highest BCUT2D eigenvalue weighted by Crippen LogP contribution is 2.11. The Hall–Kier alpha value is -2.47. The first-order chi connectivity index (χ1) is 10.5. The molecule has 1 atom stereocenters. The summed E-state index contributed by atoms with van der Waals surface area (Å²) >= 11 is 5.71. The number of esters is 1. The van der Waals surface area contributed by atoms with Gasteiger partial charge in [0.1, 0.15) is 5.82 Å². The van der Waals surface area contributed by atoms with Crippen LogP contribution in [-0.4, -0.2) is 27.9 Å². The number of nitrogens with one attached hydrogen (secondary N) is 1. The fourth-order valence-corrected chi connectivity index (χ4v) is 1.66. The zero-order valence-corrected chi connectivity index (χ0v) is 12.8. The van der Waals surface area contributed by atoms with Crippen molar-refractivity contribution in [2.75, 3.05) is 5.32 Å². The molecule has 0 aromatic carbocycles. The number of anilines is 1. The van der Waals surface area contributed by atoms with Crippen molar-refractivity contribution in [1.29, 1.82) is 0 Å². The average Bonchev–Trinajstić information content (AvgIpc) is 2.50. The Bertz CT molecular complexity index is 671. The van der Waals surface area contributed by atoms with Gasteiger partial charge in [0.15, 0.2) is 6.10 Å². The molecule has 22 heavy (non-hydrogen) atoms. The Morgan fingerprint density at radius 1 is 1.18 bits per heavy atom. The Kier molecular flexibility index (Phi) is 5.06. The fourth-order valence-electron chi connectivity index (χ4n) is 1.55. The van der Waals surface area contributed by atoms with E-state index < -0.39 is 18.0 Å². The van der Waals surface area contributed by atoms with Crippen LogP contribution in [0.1, 0.15) is 23.0 Å². The molecule has 0 radical (unpaired) electrons. The zero-order valence-electron chi connectivity index (χ0n) is 12.0. The normalized spacial score (nSPS) is 11.6. The first kappa shape index (κ1) is 15.9. The number of hydrogen-bond donors (Lipinski definition) is 1. The number of pyridine rings is 2. The molecule has 1 unspecified atom stereocenters. The van der Waals surface area contributed by atoms with E-state index in [9.17, 15) is 9.59 Å². The number of halogens is 1. The third-order valence-electron chi connectivity index (χ3n) is 2.78. The molecule has 7 heteroatoms. The molecule has 0 bridgehead atoms. The molecule has 0 aliphatic carbocycles. The number of nitrogens with zero attached hydrogens (tertiary/aromatic N) is 2. The van der Waals surface area contributed by atoms with E-state index in [1.165, 1.54) is 19.3 Å². The van der Waals surface area contributed by atoms with Crippen molar-refractivity contribution in [3.63, 3.8) is 0 Å². The van der Waals surface area contributed by atoms with Crippen molar-refractivity contribution in [3.8, 4) is 0 Å². The van der Waals surface area contributed by atoms with Crippen LogP contribution in [0.5, 0.6) is 0 Å². The third kappa shape index (κ3) is 4.26.